The molecule has 5 heterocycles. The van der Waals surface area contributed by atoms with Gasteiger partial charge in [-0.05, 0) is 39.0 Å². The second-order valence-electron chi connectivity index (χ2n) is 9.47. The molecule has 166 valence electrons. The molecule has 4 aromatic rings. The van der Waals surface area contributed by atoms with Gasteiger partial charge in [0.15, 0.2) is 11.5 Å². The van der Waals surface area contributed by atoms with Crippen LogP contribution in [0.1, 0.15) is 32.6 Å². The van der Waals surface area contributed by atoms with E-state index in [2.05, 4.69) is 41.0 Å². The van der Waals surface area contributed by atoms with Gasteiger partial charge in [-0.25, -0.2) is 14.5 Å². The van der Waals surface area contributed by atoms with E-state index in [1.165, 1.54) is 0 Å². The molecular formula is C23H28N8O. The standard InChI is InChI=1S/C23H28N8O/c1-12(2)31-13(3)25-17-7-6-16(26-21(17)31)14-8-9-30-18(14)20(24-5)28-22(29-30)27-19-15-10-32-11-23(15,19)4/h6-9,12,15,19H,10-11H2,1-5H3,(H2,24,27,28,29)/t15-,19+,23-/m1/s1. The number of pyridine rings is 1. The molecular weight excluding hydrogens is 404 g/mol. The van der Waals surface area contributed by atoms with Crippen LogP contribution >= 0.6 is 0 Å². The fourth-order valence-corrected chi connectivity index (χ4v) is 5.28. The van der Waals surface area contributed by atoms with Crippen LogP contribution in [0, 0.1) is 18.3 Å². The molecule has 1 saturated carbocycles. The van der Waals surface area contributed by atoms with E-state index in [1.54, 1.807) is 0 Å². The minimum absolute atomic E-state index is 0.191. The second-order valence-corrected chi connectivity index (χ2v) is 9.47. The number of imidazole rings is 1. The first-order valence-electron chi connectivity index (χ1n) is 11.2. The van der Waals surface area contributed by atoms with E-state index in [0.29, 0.717) is 17.9 Å². The third-order valence-corrected chi connectivity index (χ3v) is 7.10. The van der Waals surface area contributed by atoms with Crippen molar-refractivity contribution in [1.29, 1.82) is 0 Å². The molecule has 1 aliphatic carbocycles. The number of rotatable bonds is 5. The molecule has 1 saturated heterocycles. The zero-order valence-corrected chi connectivity index (χ0v) is 19.0. The van der Waals surface area contributed by atoms with Crippen LogP contribution in [-0.4, -0.2) is 55.4 Å². The van der Waals surface area contributed by atoms with Gasteiger partial charge in [-0.3, -0.25) is 0 Å². The monoisotopic (exact) mass is 432 g/mol. The summed E-state index contributed by atoms with van der Waals surface area (Å²) in [6.45, 7) is 10.2. The van der Waals surface area contributed by atoms with E-state index in [1.807, 2.05) is 42.9 Å². The molecule has 9 nitrogen and oxygen atoms in total. The molecule has 0 radical (unpaired) electrons. The van der Waals surface area contributed by atoms with Crippen LogP contribution < -0.4 is 10.6 Å². The molecule has 3 atom stereocenters. The summed E-state index contributed by atoms with van der Waals surface area (Å²) in [6.07, 6.45) is 1.97. The largest absolute Gasteiger partial charge is 0.380 e. The number of aryl methyl sites for hydroxylation is 1. The van der Waals surface area contributed by atoms with E-state index < -0.39 is 0 Å². The lowest BCUT2D eigenvalue weighted by atomic mass is 10.1. The van der Waals surface area contributed by atoms with Gasteiger partial charge in [0.25, 0.3) is 0 Å². The van der Waals surface area contributed by atoms with Crippen LogP contribution in [0.25, 0.3) is 27.9 Å². The van der Waals surface area contributed by atoms with E-state index in [-0.39, 0.29) is 11.5 Å². The molecule has 0 aromatic carbocycles. The van der Waals surface area contributed by atoms with Crippen molar-refractivity contribution in [3.8, 4) is 11.3 Å². The zero-order chi connectivity index (χ0) is 22.2. The molecule has 6 rings (SSSR count). The number of fused-ring (bicyclic) bond motifs is 3. The highest BCUT2D eigenvalue weighted by Crippen LogP contribution is 2.57. The number of aromatic nitrogens is 6. The fraction of sp³-hybridized carbons (Fsp3) is 0.478. The van der Waals surface area contributed by atoms with Gasteiger partial charge in [0.2, 0.25) is 5.95 Å². The molecule has 2 aliphatic rings. The average molecular weight is 433 g/mol. The Hall–Kier alpha value is -3.20. The normalized spacial score (nSPS) is 24.4. The highest BCUT2D eigenvalue weighted by atomic mass is 16.5. The SMILES string of the molecule is CNc1nc(N[C@H]2[C@H]3COC[C@]32C)nn2ccc(-c3ccc4nc(C)n(C(C)C)c4n3)c12. The number of nitrogens with zero attached hydrogens (tertiary/aromatic N) is 6. The van der Waals surface area contributed by atoms with Crippen LogP contribution in [0.3, 0.4) is 0 Å². The summed E-state index contributed by atoms with van der Waals surface area (Å²) in [5, 5.41) is 11.5. The Bertz CT molecular complexity index is 1360. The maximum Gasteiger partial charge on any atom is 0.243 e. The lowest BCUT2D eigenvalue weighted by Gasteiger charge is -2.13. The third-order valence-electron chi connectivity index (χ3n) is 7.10. The van der Waals surface area contributed by atoms with Gasteiger partial charge in [0.05, 0.1) is 18.9 Å². The highest BCUT2D eigenvalue weighted by molar-refractivity contribution is 5.89. The first-order chi connectivity index (χ1) is 15.4. The Kier molecular flexibility index (Phi) is 4.05. The third kappa shape index (κ3) is 2.67. The van der Waals surface area contributed by atoms with Crippen molar-refractivity contribution in [2.45, 2.75) is 39.8 Å². The van der Waals surface area contributed by atoms with Gasteiger partial charge in [0, 0.05) is 42.2 Å². The van der Waals surface area contributed by atoms with Gasteiger partial charge < -0.3 is 19.9 Å². The van der Waals surface area contributed by atoms with Crippen molar-refractivity contribution in [3.05, 3.63) is 30.2 Å². The quantitative estimate of drug-likeness (QED) is 0.498. The van der Waals surface area contributed by atoms with Crippen molar-refractivity contribution in [1.82, 2.24) is 29.1 Å². The number of anilines is 2. The lowest BCUT2D eigenvalue weighted by molar-refractivity contribution is 0.147. The van der Waals surface area contributed by atoms with Crippen LogP contribution in [0.2, 0.25) is 0 Å². The maximum atomic E-state index is 5.59. The molecule has 4 aromatic heterocycles. The molecule has 2 N–H and O–H groups in total. The molecule has 2 fully saturated rings. The Morgan fingerprint density at radius 1 is 1.19 bits per heavy atom. The molecule has 0 bridgehead atoms. The Morgan fingerprint density at radius 3 is 2.75 bits per heavy atom. The van der Waals surface area contributed by atoms with E-state index in [4.69, 9.17) is 19.8 Å². The minimum Gasteiger partial charge on any atom is -0.380 e. The van der Waals surface area contributed by atoms with Gasteiger partial charge in [-0.15, -0.1) is 5.10 Å². The average Bonchev–Trinajstić information content (AvgIpc) is 3.20. The maximum absolute atomic E-state index is 5.59. The van der Waals surface area contributed by atoms with Gasteiger partial charge in [-0.2, -0.15) is 4.98 Å². The second kappa shape index (κ2) is 6.65. The number of hydrogen-bond donors (Lipinski definition) is 2. The van der Waals surface area contributed by atoms with Gasteiger partial charge in [0.1, 0.15) is 16.9 Å². The molecule has 9 heteroatoms. The summed E-state index contributed by atoms with van der Waals surface area (Å²) in [5.41, 5.74) is 4.77. The summed E-state index contributed by atoms with van der Waals surface area (Å²) in [7, 11) is 1.89. The van der Waals surface area contributed by atoms with Gasteiger partial charge >= 0.3 is 0 Å². The molecule has 0 amide bonds. The molecule has 0 spiro atoms. The summed E-state index contributed by atoms with van der Waals surface area (Å²) < 4.78 is 9.64. The predicted octanol–water partition coefficient (Wildman–Crippen LogP) is 3.52. The zero-order valence-electron chi connectivity index (χ0n) is 19.0. The summed E-state index contributed by atoms with van der Waals surface area (Å²) in [6, 6.07) is 6.75. The first-order valence-corrected chi connectivity index (χ1v) is 11.2. The van der Waals surface area contributed by atoms with E-state index in [9.17, 15) is 0 Å². The smallest absolute Gasteiger partial charge is 0.243 e. The fourth-order valence-electron chi connectivity index (χ4n) is 5.28. The van der Waals surface area contributed by atoms with Crippen molar-refractivity contribution >= 4 is 28.4 Å². The summed E-state index contributed by atoms with van der Waals surface area (Å²) >= 11 is 0. The van der Waals surface area contributed by atoms with Crippen LogP contribution in [-0.2, 0) is 4.74 Å². The summed E-state index contributed by atoms with van der Waals surface area (Å²) in [4.78, 5) is 14.4. The molecule has 32 heavy (non-hydrogen) atoms. The summed E-state index contributed by atoms with van der Waals surface area (Å²) in [5.74, 6) is 2.90. The predicted molar refractivity (Wildman–Crippen MR) is 124 cm³/mol. The van der Waals surface area contributed by atoms with Crippen molar-refractivity contribution in [2.75, 3.05) is 30.9 Å². The Balaban J connectivity index is 1.42. The van der Waals surface area contributed by atoms with Crippen molar-refractivity contribution in [3.63, 3.8) is 0 Å². The number of hydrogen-bond acceptors (Lipinski definition) is 7. The van der Waals surface area contributed by atoms with Crippen molar-refractivity contribution < 1.29 is 4.74 Å². The number of nitrogens with one attached hydrogen (secondary N) is 2. The van der Waals surface area contributed by atoms with Gasteiger partial charge in [-0.1, -0.05) is 6.92 Å². The Labute approximate surface area is 186 Å². The minimum atomic E-state index is 0.191. The topological polar surface area (TPSA) is 94.2 Å². The number of ether oxygens (including phenoxy) is 1. The van der Waals surface area contributed by atoms with Crippen LogP contribution in [0.5, 0.6) is 0 Å². The van der Waals surface area contributed by atoms with E-state index >= 15 is 0 Å². The molecule has 1 aliphatic heterocycles. The highest BCUT2D eigenvalue weighted by Gasteiger charge is 2.65. The first kappa shape index (κ1) is 19.5. The lowest BCUT2D eigenvalue weighted by Crippen LogP contribution is -2.19. The van der Waals surface area contributed by atoms with Crippen LogP contribution in [0.4, 0.5) is 11.8 Å². The van der Waals surface area contributed by atoms with Crippen molar-refractivity contribution in [2.24, 2.45) is 11.3 Å². The Morgan fingerprint density at radius 2 is 2.03 bits per heavy atom. The molecule has 0 unspecified atom stereocenters. The van der Waals surface area contributed by atoms with Crippen LogP contribution in [0.15, 0.2) is 24.4 Å². The van der Waals surface area contributed by atoms with E-state index in [0.717, 1.165) is 52.8 Å².